The van der Waals surface area contributed by atoms with Crippen LogP contribution in [-0.2, 0) is 16.1 Å². The van der Waals surface area contributed by atoms with Gasteiger partial charge < -0.3 is 14.6 Å². The third-order valence-electron chi connectivity index (χ3n) is 6.70. The molecule has 172 valence electrons. The van der Waals surface area contributed by atoms with Gasteiger partial charge in [-0.25, -0.2) is 0 Å². The van der Waals surface area contributed by atoms with Gasteiger partial charge in [-0.3, -0.25) is 14.5 Å². The van der Waals surface area contributed by atoms with Crippen LogP contribution in [0, 0.1) is 5.92 Å². The molecule has 0 aliphatic carbocycles. The second kappa shape index (κ2) is 9.28. The Labute approximate surface area is 194 Å². The van der Waals surface area contributed by atoms with Crippen molar-refractivity contribution in [1.82, 2.24) is 15.1 Å². The lowest BCUT2D eigenvalue weighted by Gasteiger charge is -2.51. The highest BCUT2D eigenvalue weighted by molar-refractivity contribution is 6.33. The van der Waals surface area contributed by atoms with Gasteiger partial charge in [0.05, 0.1) is 11.6 Å². The highest BCUT2D eigenvalue weighted by Gasteiger charge is 2.52. The van der Waals surface area contributed by atoms with E-state index in [1.807, 2.05) is 48.2 Å². The molecule has 0 radical (unpaired) electrons. The first-order valence-corrected chi connectivity index (χ1v) is 11.9. The van der Waals surface area contributed by atoms with Crippen molar-refractivity contribution in [3.63, 3.8) is 0 Å². The monoisotopic (exact) mass is 457 g/mol. The maximum absolute atomic E-state index is 13.2. The molecule has 1 aromatic heterocycles. The number of rotatable bonds is 6. The Bertz CT molecular complexity index is 978. The van der Waals surface area contributed by atoms with Crippen LogP contribution >= 0.6 is 11.6 Å². The second-order valence-corrected chi connectivity index (χ2v) is 9.70. The lowest BCUT2D eigenvalue weighted by molar-refractivity contribution is -0.161. The van der Waals surface area contributed by atoms with Crippen LogP contribution in [0.5, 0.6) is 0 Å². The molecule has 0 saturated carbocycles. The molecule has 1 spiro atoms. The Balaban J connectivity index is 1.42. The number of carbonyl (C=O) groups excluding carboxylic acids is 2. The summed E-state index contributed by atoms with van der Waals surface area (Å²) in [7, 11) is 0. The molecular formula is C25H32ClN3O3. The van der Waals surface area contributed by atoms with Gasteiger partial charge in [-0.15, -0.1) is 0 Å². The fourth-order valence-electron chi connectivity index (χ4n) is 5.03. The van der Waals surface area contributed by atoms with Crippen molar-refractivity contribution in [1.29, 1.82) is 0 Å². The maximum Gasteiger partial charge on any atom is 0.246 e. The third-order valence-corrected chi connectivity index (χ3v) is 7.03. The summed E-state index contributed by atoms with van der Waals surface area (Å²) < 4.78 is 6.05. The summed E-state index contributed by atoms with van der Waals surface area (Å²) >= 11 is 6.29. The van der Waals surface area contributed by atoms with Gasteiger partial charge in [0.2, 0.25) is 11.8 Å². The summed E-state index contributed by atoms with van der Waals surface area (Å²) in [5, 5.41) is 3.70. The van der Waals surface area contributed by atoms with Crippen LogP contribution in [0.15, 0.2) is 40.8 Å². The van der Waals surface area contributed by atoms with Gasteiger partial charge in [-0.05, 0) is 56.4 Å². The Morgan fingerprint density at radius 2 is 1.88 bits per heavy atom. The van der Waals surface area contributed by atoms with Crippen molar-refractivity contribution in [2.75, 3.05) is 19.6 Å². The first-order valence-electron chi connectivity index (χ1n) is 11.5. The minimum Gasteiger partial charge on any atom is -0.460 e. The molecule has 1 aromatic carbocycles. The number of likely N-dealkylation sites (tertiary alicyclic amines) is 1. The van der Waals surface area contributed by atoms with Gasteiger partial charge in [-0.1, -0.05) is 37.6 Å². The van der Waals surface area contributed by atoms with Crippen LogP contribution in [0.3, 0.4) is 0 Å². The average molecular weight is 458 g/mol. The molecule has 2 aliphatic heterocycles. The summed E-state index contributed by atoms with van der Waals surface area (Å²) in [4.78, 5) is 30.4. The van der Waals surface area contributed by atoms with Gasteiger partial charge in [0.1, 0.15) is 23.1 Å². The van der Waals surface area contributed by atoms with Crippen LogP contribution in [0.4, 0.5) is 0 Å². The minimum absolute atomic E-state index is 0.00301. The lowest BCUT2D eigenvalue weighted by Crippen LogP contribution is -2.72. The fraction of sp³-hybridized carbons (Fsp3) is 0.520. The molecule has 2 aromatic rings. The number of nitrogens with one attached hydrogen (secondary N) is 1. The van der Waals surface area contributed by atoms with E-state index in [0.717, 1.165) is 30.2 Å². The molecular weight excluding hydrogens is 426 g/mol. The van der Waals surface area contributed by atoms with E-state index < -0.39 is 11.6 Å². The number of likely N-dealkylation sites (N-methyl/N-ethyl adjacent to an activating group) is 1. The smallest absolute Gasteiger partial charge is 0.246 e. The normalized spacial score (nSPS) is 21.4. The topological polar surface area (TPSA) is 65.8 Å². The summed E-state index contributed by atoms with van der Waals surface area (Å²) in [5.74, 6) is 2.03. The van der Waals surface area contributed by atoms with E-state index in [2.05, 4.69) is 24.1 Å². The molecule has 1 N–H and O–H groups in total. The van der Waals surface area contributed by atoms with Gasteiger partial charge >= 0.3 is 0 Å². The number of carbonyl (C=O) groups is 2. The molecule has 2 aliphatic rings. The predicted octanol–water partition coefficient (Wildman–Crippen LogP) is 4.33. The Morgan fingerprint density at radius 3 is 2.53 bits per heavy atom. The van der Waals surface area contributed by atoms with Crippen LogP contribution in [0.1, 0.15) is 45.8 Å². The number of halogens is 1. The van der Waals surface area contributed by atoms with Gasteiger partial charge in [0.15, 0.2) is 0 Å². The van der Waals surface area contributed by atoms with Gasteiger partial charge in [0.25, 0.3) is 0 Å². The first kappa shape index (κ1) is 22.9. The highest BCUT2D eigenvalue weighted by Crippen LogP contribution is 2.35. The SMILES string of the molecule is CCN1C(=O)C(CC(C)C)NC(=O)C12CCN(Cc1ccc(-c3ccccc3Cl)o1)CC2. The van der Waals surface area contributed by atoms with Crippen molar-refractivity contribution < 1.29 is 14.0 Å². The molecule has 0 bridgehead atoms. The van der Waals surface area contributed by atoms with Gasteiger partial charge in [0, 0.05) is 25.2 Å². The summed E-state index contributed by atoms with van der Waals surface area (Å²) in [6.45, 7) is 8.80. The van der Waals surface area contributed by atoms with E-state index in [-0.39, 0.29) is 11.8 Å². The number of amides is 2. The lowest BCUT2D eigenvalue weighted by atomic mass is 9.81. The van der Waals surface area contributed by atoms with Crippen molar-refractivity contribution in [3.8, 4) is 11.3 Å². The molecule has 2 amide bonds. The van der Waals surface area contributed by atoms with E-state index in [1.54, 1.807) is 0 Å². The zero-order valence-corrected chi connectivity index (χ0v) is 19.8. The van der Waals surface area contributed by atoms with E-state index in [9.17, 15) is 9.59 Å². The molecule has 3 heterocycles. The van der Waals surface area contributed by atoms with Gasteiger partial charge in [-0.2, -0.15) is 0 Å². The first-order chi connectivity index (χ1) is 15.3. The van der Waals surface area contributed by atoms with Crippen molar-refractivity contribution in [2.24, 2.45) is 5.92 Å². The molecule has 1 unspecified atom stereocenters. The third kappa shape index (κ3) is 4.30. The maximum atomic E-state index is 13.2. The largest absolute Gasteiger partial charge is 0.460 e. The van der Waals surface area contributed by atoms with Crippen molar-refractivity contribution in [3.05, 3.63) is 47.2 Å². The Kier molecular flexibility index (Phi) is 6.63. The van der Waals surface area contributed by atoms with E-state index >= 15 is 0 Å². The predicted molar refractivity (Wildman–Crippen MR) is 125 cm³/mol. The van der Waals surface area contributed by atoms with Crippen LogP contribution in [-0.4, -0.2) is 52.8 Å². The van der Waals surface area contributed by atoms with E-state index in [4.69, 9.17) is 16.0 Å². The number of piperidine rings is 1. The number of hydrogen-bond acceptors (Lipinski definition) is 4. The van der Waals surface area contributed by atoms with Crippen LogP contribution < -0.4 is 5.32 Å². The standard InChI is InChI=1S/C25H32ClN3O3/c1-4-29-23(30)21(15-17(2)3)27-24(31)25(29)11-13-28(14-12-25)16-18-9-10-22(32-18)19-7-5-6-8-20(19)26/h5-10,17,21H,4,11-16H2,1-3H3,(H,27,31). The van der Waals surface area contributed by atoms with Crippen molar-refractivity contribution in [2.45, 2.75) is 58.2 Å². The van der Waals surface area contributed by atoms with Crippen LogP contribution in [0.2, 0.25) is 5.02 Å². The molecule has 7 heteroatoms. The zero-order valence-electron chi connectivity index (χ0n) is 19.1. The molecule has 1 atom stereocenters. The Morgan fingerprint density at radius 1 is 1.16 bits per heavy atom. The molecule has 32 heavy (non-hydrogen) atoms. The summed E-state index contributed by atoms with van der Waals surface area (Å²) in [6, 6.07) is 11.2. The molecule has 6 nitrogen and oxygen atoms in total. The summed E-state index contributed by atoms with van der Waals surface area (Å²) in [5.41, 5.74) is 0.145. The molecule has 2 saturated heterocycles. The number of benzene rings is 1. The number of hydrogen-bond donors (Lipinski definition) is 1. The quantitative estimate of drug-likeness (QED) is 0.701. The van der Waals surface area contributed by atoms with E-state index in [0.29, 0.717) is 43.3 Å². The minimum atomic E-state index is -0.734. The molecule has 2 fully saturated rings. The van der Waals surface area contributed by atoms with Crippen molar-refractivity contribution >= 4 is 23.4 Å². The second-order valence-electron chi connectivity index (χ2n) is 9.29. The zero-order chi connectivity index (χ0) is 22.9. The number of nitrogens with zero attached hydrogens (tertiary/aromatic N) is 2. The Hall–Kier alpha value is -2.31. The molecule has 4 rings (SSSR count). The average Bonchev–Trinajstić information content (AvgIpc) is 3.22. The summed E-state index contributed by atoms with van der Waals surface area (Å²) in [6.07, 6.45) is 1.94. The number of furan rings is 1. The van der Waals surface area contributed by atoms with Crippen LogP contribution in [0.25, 0.3) is 11.3 Å². The highest BCUT2D eigenvalue weighted by atomic mass is 35.5. The number of piperazine rings is 1. The van der Waals surface area contributed by atoms with E-state index in [1.165, 1.54) is 0 Å². The fourth-order valence-corrected chi connectivity index (χ4v) is 5.26.